The van der Waals surface area contributed by atoms with Crippen LogP contribution < -0.4 is 10.7 Å². The highest BCUT2D eigenvalue weighted by Crippen LogP contribution is 2.22. The van der Waals surface area contributed by atoms with Gasteiger partial charge < -0.3 is 4.42 Å². The van der Waals surface area contributed by atoms with Crippen molar-refractivity contribution in [2.75, 3.05) is 5.06 Å². The molecule has 1 N–H and O–H groups in total. The van der Waals surface area contributed by atoms with Crippen LogP contribution in [0.5, 0.6) is 0 Å². The molecule has 4 rings (SSSR count). The molecule has 31 heavy (non-hydrogen) atoms. The van der Waals surface area contributed by atoms with Crippen LogP contribution in [0.3, 0.4) is 0 Å². The number of nitrogens with zero attached hydrogens (tertiary/aromatic N) is 2. The molecule has 0 saturated heterocycles. The number of rotatable bonds is 5. The van der Waals surface area contributed by atoms with Gasteiger partial charge in [0, 0.05) is 24.5 Å². The van der Waals surface area contributed by atoms with Gasteiger partial charge in [-0.25, -0.2) is 9.78 Å². The normalized spacial score (nSPS) is 10.9. The predicted molar refractivity (Wildman–Crippen MR) is 117 cm³/mol. The molecular formula is C23H18N2O5S. The molecule has 2 aromatic carbocycles. The van der Waals surface area contributed by atoms with Gasteiger partial charge in [-0.2, -0.15) is 5.06 Å². The average molecular weight is 434 g/mol. The van der Waals surface area contributed by atoms with Gasteiger partial charge in [-0.15, -0.1) is 11.3 Å². The Hall–Kier alpha value is -3.62. The van der Waals surface area contributed by atoms with Crippen molar-refractivity contribution < 1.29 is 19.2 Å². The summed E-state index contributed by atoms with van der Waals surface area (Å²) >= 11 is 1.40. The summed E-state index contributed by atoms with van der Waals surface area (Å²) in [6.07, 6.45) is 0.324. The number of hydroxylamine groups is 1. The van der Waals surface area contributed by atoms with Crippen molar-refractivity contribution in [3.8, 4) is 0 Å². The molecule has 0 atom stereocenters. The van der Waals surface area contributed by atoms with E-state index in [-0.39, 0.29) is 11.5 Å². The topological polar surface area (TPSA) is 101 Å². The van der Waals surface area contributed by atoms with Crippen molar-refractivity contribution in [3.63, 3.8) is 0 Å². The Morgan fingerprint density at radius 2 is 1.87 bits per heavy atom. The highest BCUT2D eigenvalue weighted by molar-refractivity contribution is 7.16. The van der Waals surface area contributed by atoms with Crippen LogP contribution in [-0.4, -0.2) is 21.9 Å². The zero-order valence-corrected chi connectivity index (χ0v) is 17.6. The first-order valence-corrected chi connectivity index (χ1v) is 10.3. The Kier molecular flexibility index (Phi) is 5.50. The minimum absolute atomic E-state index is 0.218. The summed E-state index contributed by atoms with van der Waals surface area (Å²) in [7, 11) is 0. The van der Waals surface area contributed by atoms with Crippen molar-refractivity contribution in [1.29, 1.82) is 0 Å². The van der Waals surface area contributed by atoms with Crippen LogP contribution in [0, 0.1) is 6.92 Å². The van der Waals surface area contributed by atoms with Gasteiger partial charge in [0.1, 0.15) is 4.83 Å². The Balaban J connectivity index is 1.55. The van der Waals surface area contributed by atoms with Crippen LogP contribution in [0.4, 0.5) is 5.69 Å². The first-order chi connectivity index (χ1) is 14.8. The summed E-state index contributed by atoms with van der Waals surface area (Å²) in [4.78, 5) is 41.4. The van der Waals surface area contributed by atoms with Gasteiger partial charge in [0.15, 0.2) is 5.78 Å². The van der Waals surface area contributed by atoms with Crippen molar-refractivity contribution in [2.24, 2.45) is 0 Å². The number of thiophene rings is 1. The summed E-state index contributed by atoms with van der Waals surface area (Å²) < 4.78 is 5.35. The lowest BCUT2D eigenvalue weighted by atomic mass is 10.0. The fourth-order valence-corrected chi connectivity index (χ4v) is 4.13. The third-order valence-corrected chi connectivity index (χ3v) is 5.81. The number of carbonyl (C=O) groups is 2. The number of hydrogen-bond donors (Lipinski definition) is 1. The fourth-order valence-electron chi connectivity index (χ4n) is 3.21. The van der Waals surface area contributed by atoms with Crippen LogP contribution in [-0.2, 0) is 11.2 Å². The third kappa shape index (κ3) is 4.16. The molecule has 0 radical (unpaired) electrons. The molecule has 0 spiro atoms. The molecule has 7 nitrogen and oxygen atoms in total. The molecule has 4 aromatic rings. The summed E-state index contributed by atoms with van der Waals surface area (Å²) in [5, 5.41) is 12.7. The SMILES string of the molecule is CC(=O)N(O)c1cccc(C(=O)c2ccc(Cc3nc4scc(C)c4c(=O)o3)cc2)c1. The fraction of sp³-hybridized carbons (Fsp3) is 0.130. The number of benzene rings is 2. The number of carbonyl (C=O) groups excluding carboxylic acids is 2. The lowest BCUT2D eigenvalue weighted by Gasteiger charge is -2.13. The summed E-state index contributed by atoms with van der Waals surface area (Å²) in [5.41, 5.74) is 2.31. The second-order valence-corrected chi connectivity index (χ2v) is 7.94. The molecule has 0 aliphatic carbocycles. The highest BCUT2D eigenvalue weighted by Gasteiger charge is 2.15. The number of hydrogen-bond acceptors (Lipinski definition) is 7. The summed E-state index contributed by atoms with van der Waals surface area (Å²) in [5.74, 6) is -0.478. The van der Waals surface area contributed by atoms with E-state index < -0.39 is 11.5 Å². The lowest BCUT2D eigenvalue weighted by molar-refractivity contribution is -0.121. The molecule has 0 saturated carbocycles. The van der Waals surface area contributed by atoms with E-state index in [9.17, 15) is 19.6 Å². The number of amides is 1. The quantitative estimate of drug-likeness (QED) is 0.288. The smallest absolute Gasteiger partial charge is 0.348 e. The zero-order valence-electron chi connectivity index (χ0n) is 16.8. The number of ketones is 1. The molecule has 2 aromatic heterocycles. The average Bonchev–Trinajstić information content (AvgIpc) is 3.14. The van der Waals surface area contributed by atoms with Gasteiger partial charge in [-0.05, 0) is 35.6 Å². The Labute approximate surface area is 181 Å². The molecule has 0 aliphatic rings. The van der Waals surface area contributed by atoms with Gasteiger partial charge in [0.25, 0.3) is 0 Å². The molecule has 0 bridgehead atoms. The van der Waals surface area contributed by atoms with E-state index in [1.165, 1.54) is 30.4 Å². The van der Waals surface area contributed by atoms with Crippen LogP contribution in [0.1, 0.15) is 39.9 Å². The minimum atomic E-state index is -0.551. The van der Waals surface area contributed by atoms with Crippen LogP contribution in [0.2, 0.25) is 0 Å². The molecule has 8 heteroatoms. The van der Waals surface area contributed by atoms with E-state index in [0.29, 0.717) is 38.7 Å². The number of aromatic nitrogens is 1. The molecule has 0 fully saturated rings. The van der Waals surface area contributed by atoms with Crippen molar-refractivity contribution in [3.05, 3.63) is 92.5 Å². The highest BCUT2D eigenvalue weighted by atomic mass is 32.1. The Morgan fingerprint density at radius 3 is 2.58 bits per heavy atom. The van der Waals surface area contributed by atoms with Crippen molar-refractivity contribution in [1.82, 2.24) is 4.98 Å². The predicted octanol–water partition coefficient (Wildman–Crippen LogP) is 4.12. The van der Waals surface area contributed by atoms with Gasteiger partial charge in [0.05, 0.1) is 11.1 Å². The van der Waals surface area contributed by atoms with E-state index in [0.717, 1.165) is 11.1 Å². The first-order valence-electron chi connectivity index (χ1n) is 9.44. The maximum atomic E-state index is 12.8. The summed E-state index contributed by atoms with van der Waals surface area (Å²) in [6.45, 7) is 3.07. The van der Waals surface area contributed by atoms with Crippen LogP contribution in [0.25, 0.3) is 10.2 Å². The number of aryl methyl sites for hydroxylation is 1. The van der Waals surface area contributed by atoms with Crippen molar-refractivity contribution in [2.45, 2.75) is 20.3 Å². The van der Waals surface area contributed by atoms with Crippen LogP contribution in [0.15, 0.2) is 63.1 Å². The lowest BCUT2D eigenvalue weighted by Crippen LogP contribution is -2.23. The van der Waals surface area contributed by atoms with Crippen LogP contribution >= 0.6 is 11.3 Å². The zero-order chi connectivity index (χ0) is 22.1. The standard InChI is InChI=1S/C23H18N2O5S/c1-13-12-31-22-20(13)23(28)30-19(24-22)10-15-6-8-16(9-7-15)21(27)17-4-3-5-18(11-17)25(29)14(2)26/h3-9,11-12,29H,10H2,1-2H3. The third-order valence-electron chi connectivity index (χ3n) is 4.82. The Morgan fingerprint density at radius 1 is 1.13 bits per heavy atom. The van der Waals surface area contributed by atoms with Gasteiger partial charge in [-0.3, -0.25) is 14.8 Å². The molecular weight excluding hydrogens is 416 g/mol. The molecule has 0 unspecified atom stereocenters. The van der Waals surface area contributed by atoms with Gasteiger partial charge in [0.2, 0.25) is 11.8 Å². The Bertz CT molecular complexity index is 1350. The van der Waals surface area contributed by atoms with E-state index in [2.05, 4.69) is 4.98 Å². The number of anilines is 1. The maximum absolute atomic E-state index is 12.8. The first kappa shape index (κ1) is 20.6. The second-order valence-electron chi connectivity index (χ2n) is 7.08. The largest absolute Gasteiger partial charge is 0.407 e. The van der Waals surface area contributed by atoms with E-state index in [4.69, 9.17) is 4.42 Å². The number of fused-ring (bicyclic) bond motifs is 1. The summed E-state index contributed by atoms with van der Waals surface area (Å²) in [6, 6.07) is 13.1. The molecule has 2 heterocycles. The monoisotopic (exact) mass is 434 g/mol. The van der Waals surface area contributed by atoms with E-state index in [1.54, 1.807) is 36.4 Å². The minimum Gasteiger partial charge on any atom is -0.407 e. The van der Waals surface area contributed by atoms with E-state index >= 15 is 0 Å². The molecule has 0 aliphatic heterocycles. The van der Waals surface area contributed by atoms with Crippen molar-refractivity contribution >= 4 is 38.9 Å². The van der Waals surface area contributed by atoms with Gasteiger partial charge in [-0.1, -0.05) is 36.4 Å². The van der Waals surface area contributed by atoms with E-state index in [1.807, 2.05) is 12.3 Å². The maximum Gasteiger partial charge on any atom is 0.348 e. The second kappa shape index (κ2) is 8.25. The van der Waals surface area contributed by atoms with Gasteiger partial charge >= 0.3 is 5.63 Å². The molecule has 1 amide bonds. The molecule has 156 valence electrons.